The van der Waals surface area contributed by atoms with Gasteiger partial charge in [0.2, 0.25) is 0 Å². The predicted molar refractivity (Wildman–Crippen MR) is 78.2 cm³/mol. The van der Waals surface area contributed by atoms with E-state index in [1.54, 1.807) is 7.11 Å². The van der Waals surface area contributed by atoms with Crippen LogP contribution in [-0.2, 0) is 22.6 Å². The normalized spacial score (nSPS) is 11.4. The van der Waals surface area contributed by atoms with Crippen LogP contribution in [0.1, 0.15) is 11.7 Å². The second-order valence-electron chi connectivity index (χ2n) is 4.30. The Kier molecular flexibility index (Phi) is 6.18. The van der Waals surface area contributed by atoms with Crippen LogP contribution < -0.4 is 10.5 Å². The number of benzene rings is 1. The van der Waals surface area contributed by atoms with Crippen LogP contribution in [0.5, 0.6) is 5.75 Å². The van der Waals surface area contributed by atoms with Gasteiger partial charge >= 0.3 is 0 Å². The maximum Gasteiger partial charge on any atom is 0.267 e. The van der Waals surface area contributed by atoms with Crippen molar-refractivity contribution in [1.29, 1.82) is 0 Å². The number of ether oxygens (including phenoxy) is 2. The van der Waals surface area contributed by atoms with E-state index in [4.69, 9.17) is 24.6 Å². The van der Waals surface area contributed by atoms with Gasteiger partial charge < -0.3 is 24.6 Å². The van der Waals surface area contributed by atoms with E-state index in [-0.39, 0.29) is 19.0 Å². The summed E-state index contributed by atoms with van der Waals surface area (Å²) in [5.41, 5.74) is 5.67. The highest BCUT2D eigenvalue weighted by molar-refractivity contribution is 5.81. The van der Waals surface area contributed by atoms with Gasteiger partial charge in [0, 0.05) is 13.5 Å². The Hall–Kier alpha value is -2.61. The first kappa shape index (κ1) is 15.8. The van der Waals surface area contributed by atoms with Gasteiger partial charge in [-0.15, -0.1) is 0 Å². The van der Waals surface area contributed by atoms with Gasteiger partial charge in [-0.1, -0.05) is 28.5 Å². The first-order valence-electron chi connectivity index (χ1n) is 6.70. The fourth-order valence-electron chi connectivity index (χ4n) is 1.51. The number of oxime groups is 1. The monoisotopic (exact) mass is 306 g/mol. The number of hydrogen-bond donors (Lipinski definition) is 1. The van der Waals surface area contributed by atoms with Gasteiger partial charge in [-0.2, -0.15) is 4.98 Å². The summed E-state index contributed by atoms with van der Waals surface area (Å²) < 4.78 is 15.3. The molecule has 0 aliphatic heterocycles. The minimum absolute atomic E-state index is 0.0476. The van der Waals surface area contributed by atoms with Crippen molar-refractivity contribution >= 4 is 5.84 Å². The molecule has 2 N–H and O–H groups in total. The summed E-state index contributed by atoms with van der Waals surface area (Å²) in [6.45, 7) is 0.709. The SMILES string of the molecule is COCCc1noc(CON=C(N)COc2ccccc2)n1. The number of methoxy groups -OCH3 is 1. The molecule has 118 valence electrons. The molecule has 0 spiro atoms. The summed E-state index contributed by atoms with van der Waals surface area (Å²) in [6, 6.07) is 9.30. The Morgan fingerprint density at radius 2 is 2.14 bits per heavy atom. The molecule has 0 saturated heterocycles. The molecule has 0 bridgehead atoms. The van der Waals surface area contributed by atoms with Crippen LogP contribution in [0, 0.1) is 0 Å². The molecule has 0 amide bonds. The maximum atomic E-state index is 5.67. The molecular weight excluding hydrogens is 288 g/mol. The number of amidine groups is 1. The average Bonchev–Trinajstić information content (AvgIpc) is 3.00. The van der Waals surface area contributed by atoms with Crippen LogP contribution in [0.4, 0.5) is 0 Å². The molecule has 1 aromatic heterocycles. The van der Waals surface area contributed by atoms with Crippen molar-refractivity contribution in [2.75, 3.05) is 20.3 Å². The molecule has 0 aliphatic carbocycles. The fourth-order valence-corrected chi connectivity index (χ4v) is 1.51. The molecule has 8 heteroatoms. The number of rotatable bonds is 9. The Bertz CT molecular complexity index is 586. The van der Waals surface area contributed by atoms with Crippen LogP contribution >= 0.6 is 0 Å². The van der Waals surface area contributed by atoms with E-state index in [0.29, 0.717) is 30.5 Å². The lowest BCUT2D eigenvalue weighted by Crippen LogP contribution is -2.21. The Balaban J connectivity index is 1.71. The summed E-state index contributed by atoms with van der Waals surface area (Å²) in [4.78, 5) is 9.16. The average molecular weight is 306 g/mol. The Morgan fingerprint density at radius 3 is 2.91 bits per heavy atom. The van der Waals surface area contributed by atoms with E-state index in [0.717, 1.165) is 0 Å². The Labute approximate surface area is 127 Å². The quantitative estimate of drug-likeness (QED) is 0.420. The molecule has 0 atom stereocenters. The van der Waals surface area contributed by atoms with Gasteiger partial charge in [0.15, 0.2) is 18.3 Å². The van der Waals surface area contributed by atoms with E-state index in [1.807, 2.05) is 30.3 Å². The first-order valence-corrected chi connectivity index (χ1v) is 6.70. The zero-order valence-electron chi connectivity index (χ0n) is 12.3. The molecule has 0 radical (unpaired) electrons. The fraction of sp³-hybridized carbons (Fsp3) is 0.357. The minimum atomic E-state index is 0.0476. The summed E-state index contributed by atoms with van der Waals surface area (Å²) >= 11 is 0. The molecule has 0 saturated carbocycles. The number of aromatic nitrogens is 2. The van der Waals surface area contributed by atoms with Crippen molar-refractivity contribution in [3.63, 3.8) is 0 Å². The number of para-hydroxylation sites is 1. The highest BCUT2D eigenvalue weighted by atomic mass is 16.6. The zero-order chi connectivity index (χ0) is 15.6. The highest BCUT2D eigenvalue weighted by Crippen LogP contribution is 2.07. The molecule has 0 unspecified atom stereocenters. The summed E-state index contributed by atoms with van der Waals surface area (Å²) in [7, 11) is 1.61. The molecule has 8 nitrogen and oxygen atoms in total. The van der Waals surface area contributed by atoms with Crippen LogP contribution in [-0.4, -0.2) is 36.3 Å². The predicted octanol–water partition coefficient (Wildman–Crippen LogP) is 1.13. The molecule has 0 fully saturated rings. The third-order valence-electron chi connectivity index (χ3n) is 2.54. The highest BCUT2D eigenvalue weighted by Gasteiger charge is 2.06. The molecule has 0 aliphatic rings. The lowest BCUT2D eigenvalue weighted by Gasteiger charge is -2.04. The number of hydrogen-bond acceptors (Lipinski definition) is 7. The Morgan fingerprint density at radius 1 is 1.32 bits per heavy atom. The van der Waals surface area contributed by atoms with Gasteiger partial charge in [0.1, 0.15) is 12.4 Å². The second kappa shape index (κ2) is 8.63. The number of nitrogens with two attached hydrogens (primary N) is 1. The van der Waals surface area contributed by atoms with Crippen molar-refractivity contribution in [3.05, 3.63) is 42.0 Å². The van der Waals surface area contributed by atoms with Crippen molar-refractivity contribution in [2.24, 2.45) is 10.9 Å². The summed E-state index contributed by atoms with van der Waals surface area (Å²) in [5, 5.41) is 7.50. The van der Waals surface area contributed by atoms with E-state index < -0.39 is 0 Å². The van der Waals surface area contributed by atoms with E-state index in [2.05, 4.69) is 15.3 Å². The molecule has 2 rings (SSSR count). The third kappa shape index (κ3) is 5.41. The van der Waals surface area contributed by atoms with Gasteiger partial charge in [-0.3, -0.25) is 0 Å². The van der Waals surface area contributed by atoms with Crippen LogP contribution in [0.25, 0.3) is 0 Å². The molecule has 22 heavy (non-hydrogen) atoms. The van der Waals surface area contributed by atoms with Gasteiger partial charge in [0.05, 0.1) is 6.61 Å². The summed E-state index contributed by atoms with van der Waals surface area (Å²) in [6.07, 6.45) is 0.580. The van der Waals surface area contributed by atoms with E-state index >= 15 is 0 Å². The molecular formula is C14H18N4O4. The van der Waals surface area contributed by atoms with Crippen LogP contribution in [0.2, 0.25) is 0 Å². The minimum Gasteiger partial charge on any atom is -0.486 e. The topological polar surface area (TPSA) is 105 Å². The molecule has 2 aromatic rings. The summed E-state index contributed by atoms with van der Waals surface area (Å²) in [5.74, 6) is 1.81. The second-order valence-corrected chi connectivity index (χ2v) is 4.30. The van der Waals surface area contributed by atoms with Crippen LogP contribution in [0.15, 0.2) is 40.0 Å². The molecule has 1 heterocycles. The van der Waals surface area contributed by atoms with Crippen LogP contribution in [0.3, 0.4) is 0 Å². The third-order valence-corrected chi connectivity index (χ3v) is 2.54. The van der Waals surface area contributed by atoms with Gasteiger partial charge in [0.25, 0.3) is 5.89 Å². The lowest BCUT2D eigenvalue weighted by molar-refractivity contribution is 0.103. The largest absolute Gasteiger partial charge is 0.486 e. The van der Waals surface area contributed by atoms with E-state index in [1.165, 1.54) is 0 Å². The first-order chi connectivity index (χ1) is 10.8. The number of nitrogens with zero attached hydrogens (tertiary/aromatic N) is 3. The standard InChI is InChI=1S/C14H18N4O4/c1-19-8-7-13-16-14(22-18-13)10-21-17-12(15)9-20-11-5-3-2-4-6-11/h2-6H,7-10H2,1H3,(H2,15,17). The van der Waals surface area contributed by atoms with Crippen molar-refractivity contribution < 1.29 is 18.8 Å². The van der Waals surface area contributed by atoms with Gasteiger partial charge in [-0.05, 0) is 12.1 Å². The molecule has 1 aromatic carbocycles. The van der Waals surface area contributed by atoms with Crippen molar-refractivity contribution in [2.45, 2.75) is 13.0 Å². The maximum absolute atomic E-state index is 5.67. The van der Waals surface area contributed by atoms with E-state index in [9.17, 15) is 0 Å². The lowest BCUT2D eigenvalue weighted by atomic mass is 10.3. The smallest absolute Gasteiger partial charge is 0.267 e. The van der Waals surface area contributed by atoms with Crippen molar-refractivity contribution in [1.82, 2.24) is 10.1 Å². The van der Waals surface area contributed by atoms with Crippen molar-refractivity contribution in [3.8, 4) is 5.75 Å². The van der Waals surface area contributed by atoms with Gasteiger partial charge in [-0.25, -0.2) is 0 Å². The zero-order valence-corrected chi connectivity index (χ0v) is 12.3.